The van der Waals surface area contributed by atoms with Crippen LogP contribution in [-0.4, -0.2) is 25.2 Å². The van der Waals surface area contributed by atoms with Crippen molar-refractivity contribution < 1.29 is 0 Å². The van der Waals surface area contributed by atoms with Gasteiger partial charge in [-0.05, 0) is 54.2 Å². The number of hydrogen-bond donors (Lipinski definition) is 0. The van der Waals surface area contributed by atoms with Crippen LogP contribution >= 0.6 is 11.8 Å². The molecule has 1 aliphatic rings. The fraction of sp³-hybridized carbons (Fsp3) is 0.533. The Morgan fingerprint density at radius 3 is 3.05 bits per heavy atom. The second-order valence-corrected chi connectivity index (χ2v) is 6.34. The third-order valence-electron chi connectivity index (χ3n) is 3.77. The number of tetrazole rings is 1. The molecule has 0 unspecified atom stereocenters. The zero-order chi connectivity index (χ0) is 15.4. The molecular weight excluding hydrogens is 296 g/mol. The zero-order valence-electron chi connectivity index (χ0n) is 12.6. The Kier molecular flexibility index (Phi) is 4.68. The standard InChI is InChI=1S/C15H18N6S/c1-2-7-21-14(18-19-20-21)10-22-15-12(9-16)8-11-5-3-4-6-13(11)17-15/h8H,2-7,10H2,1H3. The number of rotatable bonds is 5. The Balaban J connectivity index is 1.80. The lowest BCUT2D eigenvalue weighted by molar-refractivity contribution is 0.564. The Hall–Kier alpha value is -1.94. The molecule has 0 atom stereocenters. The van der Waals surface area contributed by atoms with Crippen LogP contribution < -0.4 is 0 Å². The minimum atomic E-state index is 0.632. The van der Waals surface area contributed by atoms with Crippen molar-refractivity contribution in [3.63, 3.8) is 0 Å². The van der Waals surface area contributed by atoms with E-state index in [1.807, 2.05) is 10.7 Å². The van der Waals surface area contributed by atoms with Gasteiger partial charge in [0.05, 0.1) is 11.3 Å². The molecule has 0 fully saturated rings. The van der Waals surface area contributed by atoms with Crippen LogP contribution in [0.1, 0.15) is 48.8 Å². The minimum Gasteiger partial charge on any atom is -0.245 e. The number of pyridine rings is 1. The maximum Gasteiger partial charge on any atom is 0.161 e. The Morgan fingerprint density at radius 1 is 1.36 bits per heavy atom. The smallest absolute Gasteiger partial charge is 0.161 e. The predicted molar refractivity (Wildman–Crippen MR) is 83.3 cm³/mol. The Morgan fingerprint density at radius 2 is 2.23 bits per heavy atom. The summed E-state index contributed by atoms with van der Waals surface area (Å²) >= 11 is 1.55. The molecule has 0 aromatic carbocycles. The fourth-order valence-corrected chi connectivity index (χ4v) is 3.56. The van der Waals surface area contributed by atoms with Crippen LogP contribution in [0.3, 0.4) is 0 Å². The van der Waals surface area contributed by atoms with Crippen molar-refractivity contribution >= 4 is 11.8 Å². The van der Waals surface area contributed by atoms with Gasteiger partial charge in [-0.15, -0.1) is 5.10 Å². The van der Waals surface area contributed by atoms with E-state index in [2.05, 4.69) is 28.5 Å². The summed E-state index contributed by atoms with van der Waals surface area (Å²) < 4.78 is 1.82. The van der Waals surface area contributed by atoms with Gasteiger partial charge >= 0.3 is 0 Å². The highest BCUT2D eigenvalue weighted by atomic mass is 32.2. The minimum absolute atomic E-state index is 0.632. The Labute approximate surface area is 133 Å². The quantitative estimate of drug-likeness (QED) is 0.789. The number of nitriles is 1. The third-order valence-corrected chi connectivity index (χ3v) is 4.75. The summed E-state index contributed by atoms with van der Waals surface area (Å²) in [7, 11) is 0. The second-order valence-electron chi connectivity index (χ2n) is 5.37. The van der Waals surface area contributed by atoms with Crippen molar-refractivity contribution in [1.29, 1.82) is 5.26 Å². The molecule has 0 amide bonds. The molecule has 1 aliphatic carbocycles. The van der Waals surface area contributed by atoms with Gasteiger partial charge in [0.1, 0.15) is 11.1 Å². The summed E-state index contributed by atoms with van der Waals surface area (Å²) in [4.78, 5) is 4.72. The molecule has 0 bridgehead atoms. The molecule has 0 N–H and O–H groups in total. The van der Waals surface area contributed by atoms with Crippen LogP contribution in [0.4, 0.5) is 0 Å². The van der Waals surface area contributed by atoms with Crippen molar-refractivity contribution in [2.24, 2.45) is 0 Å². The highest BCUT2D eigenvalue weighted by Gasteiger charge is 2.16. The van der Waals surface area contributed by atoms with Crippen LogP contribution in [0.15, 0.2) is 11.1 Å². The number of nitrogens with zero attached hydrogens (tertiary/aromatic N) is 6. The van der Waals surface area contributed by atoms with Crippen molar-refractivity contribution in [2.45, 2.75) is 56.4 Å². The van der Waals surface area contributed by atoms with E-state index in [9.17, 15) is 5.26 Å². The molecular formula is C15H18N6S. The van der Waals surface area contributed by atoms with E-state index in [1.165, 1.54) is 18.4 Å². The highest BCUT2D eigenvalue weighted by molar-refractivity contribution is 7.98. The molecule has 0 aliphatic heterocycles. The first kappa shape index (κ1) is 15.0. The molecule has 6 nitrogen and oxygen atoms in total. The number of thioether (sulfide) groups is 1. The summed E-state index contributed by atoms with van der Waals surface area (Å²) in [6.45, 7) is 2.91. The number of aromatic nitrogens is 5. The monoisotopic (exact) mass is 314 g/mol. The van der Waals surface area contributed by atoms with Crippen LogP contribution in [0.5, 0.6) is 0 Å². The summed E-state index contributed by atoms with van der Waals surface area (Å²) in [6, 6.07) is 4.29. The summed E-state index contributed by atoms with van der Waals surface area (Å²) in [5.74, 6) is 1.46. The highest BCUT2D eigenvalue weighted by Crippen LogP contribution is 2.28. The lowest BCUT2D eigenvalue weighted by Crippen LogP contribution is -2.08. The van der Waals surface area contributed by atoms with Crippen molar-refractivity contribution in [3.05, 3.63) is 28.7 Å². The van der Waals surface area contributed by atoms with Gasteiger partial charge in [0.25, 0.3) is 0 Å². The van der Waals surface area contributed by atoms with Gasteiger partial charge in [-0.3, -0.25) is 0 Å². The van der Waals surface area contributed by atoms with Crippen LogP contribution in [0.2, 0.25) is 0 Å². The van der Waals surface area contributed by atoms with Crippen molar-refractivity contribution in [2.75, 3.05) is 0 Å². The maximum atomic E-state index is 9.37. The zero-order valence-corrected chi connectivity index (χ0v) is 13.4. The average molecular weight is 314 g/mol. The second kappa shape index (κ2) is 6.88. The molecule has 2 heterocycles. The normalized spacial score (nSPS) is 13.6. The summed E-state index contributed by atoms with van der Waals surface area (Å²) in [5.41, 5.74) is 3.06. The van der Waals surface area contributed by atoms with Gasteiger partial charge < -0.3 is 0 Å². The van der Waals surface area contributed by atoms with E-state index in [0.717, 1.165) is 42.4 Å². The third kappa shape index (κ3) is 3.12. The van der Waals surface area contributed by atoms with Gasteiger partial charge in [0.15, 0.2) is 5.82 Å². The lowest BCUT2D eigenvalue weighted by atomic mass is 9.95. The fourth-order valence-electron chi connectivity index (χ4n) is 2.65. The first-order chi connectivity index (χ1) is 10.8. The molecule has 22 heavy (non-hydrogen) atoms. The molecule has 0 radical (unpaired) electrons. The summed E-state index contributed by atoms with van der Waals surface area (Å²) in [6.07, 6.45) is 5.42. The van der Waals surface area contributed by atoms with E-state index in [1.54, 1.807) is 11.8 Å². The van der Waals surface area contributed by atoms with E-state index in [0.29, 0.717) is 11.3 Å². The largest absolute Gasteiger partial charge is 0.245 e. The predicted octanol–water partition coefficient (Wildman–Crippen LogP) is 2.52. The van der Waals surface area contributed by atoms with E-state index < -0.39 is 0 Å². The van der Waals surface area contributed by atoms with Gasteiger partial charge in [0.2, 0.25) is 0 Å². The van der Waals surface area contributed by atoms with Gasteiger partial charge in [-0.25, -0.2) is 9.67 Å². The molecule has 3 rings (SSSR count). The number of aryl methyl sites for hydroxylation is 3. The maximum absolute atomic E-state index is 9.37. The van der Waals surface area contributed by atoms with Crippen LogP contribution in [0, 0.1) is 11.3 Å². The van der Waals surface area contributed by atoms with E-state index in [4.69, 9.17) is 4.98 Å². The topological polar surface area (TPSA) is 80.3 Å². The van der Waals surface area contributed by atoms with Crippen LogP contribution in [-0.2, 0) is 25.1 Å². The Bertz CT molecular complexity index is 703. The SMILES string of the molecule is CCCn1nnnc1CSc1nc2c(cc1C#N)CCCC2. The van der Waals surface area contributed by atoms with Crippen molar-refractivity contribution in [3.8, 4) is 6.07 Å². The van der Waals surface area contributed by atoms with Gasteiger partial charge in [-0.1, -0.05) is 18.7 Å². The first-order valence-corrected chi connectivity index (χ1v) is 8.61. The molecule has 0 spiro atoms. The van der Waals surface area contributed by atoms with E-state index in [-0.39, 0.29) is 0 Å². The van der Waals surface area contributed by atoms with Crippen molar-refractivity contribution in [1.82, 2.24) is 25.2 Å². The van der Waals surface area contributed by atoms with Gasteiger partial charge in [-0.2, -0.15) is 5.26 Å². The number of hydrogen-bond acceptors (Lipinski definition) is 6. The molecule has 7 heteroatoms. The molecule has 0 saturated heterocycles. The van der Waals surface area contributed by atoms with E-state index >= 15 is 0 Å². The average Bonchev–Trinajstić information content (AvgIpc) is 2.99. The van der Waals surface area contributed by atoms with Crippen LogP contribution in [0.25, 0.3) is 0 Å². The molecule has 114 valence electrons. The summed E-state index contributed by atoms with van der Waals surface area (Å²) in [5, 5.41) is 21.9. The van der Waals surface area contributed by atoms with Gasteiger partial charge in [0, 0.05) is 12.2 Å². The lowest BCUT2D eigenvalue weighted by Gasteiger charge is -2.16. The first-order valence-electron chi connectivity index (χ1n) is 7.62. The molecule has 2 aromatic rings. The number of fused-ring (bicyclic) bond motifs is 1. The molecule has 0 saturated carbocycles. The molecule has 2 aromatic heterocycles.